The van der Waals surface area contributed by atoms with Gasteiger partial charge < -0.3 is 15.5 Å². The second kappa shape index (κ2) is 10.9. The Balaban J connectivity index is 3.06. The third-order valence-electron chi connectivity index (χ3n) is 3.60. The predicted octanol–water partition coefficient (Wildman–Crippen LogP) is 1.44. The van der Waals surface area contributed by atoms with Gasteiger partial charge in [0.05, 0.1) is 0 Å². The number of carboxylic acid groups (broad SMARTS) is 2. The molecule has 1 aromatic carbocycles. The highest BCUT2D eigenvalue weighted by Crippen LogP contribution is 2.15. The summed E-state index contributed by atoms with van der Waals surface area (Å²) in [4.78, 5) is 36.3. The number of aliphatic carboxylic acids is 2. The molecule has 0 spiro atoms. The van der Waals surface area contributed by atoms with Gasteiger partial charge in [0.15, 0.2) is 12.2 Å². The Hall–Kier alpha value is -1.90. The van der Waals surface area contributed by atoms with Crippen molar-refractivity contribution in [2.45, 2.75) is 18.3 Å². The van der Waals surface area contributed by atoms with Gasteiger partial charge in [-0.1, -0.05) is 18.2 Å². The molecule has 0 fully saturated rings. The lowest BCUT2D eigenvalue weighted by atomic mass is 10.0. The molecule has 0 saturated heterocycles. The molecule has 1 aromatic rings. The maximum Gasteiger partial charge on any atom is 0.329 e. The van der Waals surface area contributed by atoms with E-state index in [1.54, 1.807) is 18.2 Å². The van der Waals surface area contributed by atoms with Crippen LogP contribution in [0.25, 0.3) is 0 Å². The molecular formula is C16H19Cl2FN2O5. The highest BCUT2D eigenvalue weighted by atomic mass is 35.5. The number of rotatable bonds is 11. The van der Waals surface area contributed by atoms with Gasteiger partial charge in [0.1, 0.15) is 6.04 Å². The van der Waals surface area contributed by atoms with E-state index in [1.165, 1.54) is 12.1 Å². The standard InChI is InChI=1S/C16H19Cl2FN2O5/c17-6-8-21(9-7-18)13(16(25)26)11(19)12(15(23)24)20-14(22)10-4-2-1-3-5-10/h1-5,11-13H,6-9H2,(H,20,22)(H,23,24)(H,25,26)/t11?,12-,13?/m0/s1. The maximum atomic E-state index is 14.9. The summed E-state index contributed by atoms with van der Waals surface area (Å²) in [6.45, 7) is -0.0186. The van der Waals surface area contributed by atoms with Gasteiger partial charge in [0.25, 0.3) is 5.91 Å². The van der Waals surface area contributed by atoms with Crippen LogP contribution >= 0.6 is 23.2 Å². The summed E-state index contributed by atoms with van der Waals surface area (Å²) in [6.07, 6.45) is -2.43. The quantitative estimate of drug-likeness (QED) is 0.478. The van der Waals surface area contributed by atoms with E-state index in [0.717, 1.165) is 4.90 Å². The molecule has 0 heterocycles. The van der Waals surface area contributed by atoms with Crippen molar-refractivity contribution < 1.29 is 29.0 Å². The number of carbonyl (C=O) groups is 3. The van der Waals surface area contributed by atoms with Crippen LogP contribution in [0.4, 0.5) is 4.39 Å². The number of nitrogens with zero attached hydrogens (tertiary/aromatic N) is 1. The van der Waals surface area contributed by atoms with Gasteiger partial charge in [0.2, 0.25) is 0 Å². The molecule has 26 heavy (non-hydrogen) atoms. The molecule has 0 aliphatic heterocycles. The van der Waals surface area contributed by atoms with Gasteiger partial charge in [-0.2, -0.15) is 0 Å². The van der Waals surface area contributed by atoms with Crippen LogP contribution in [0.1, 0.15) is 10.4 Å². The molecule has 2 unspecified atom stereocenters. The number of carbonyl (C=O) groups excluding carboxylic acids is 1. The Kier molecular flexibility index (Phi) is 9.32. The van der Waals surface area contributed by atoms with Crippen molar-refractivity contribution in [2.24, 2.45) is 0 Å². The third kappa shape index (κ3) is 6.12. The van der Waals surface area contributed by atoms with Crippen molar-refractivity contribution in [2.75, 3.05) is 24.8 Å². The van der Waals surface area contributed by atoms with E-state index in [2.05, 4.69) is 0 Å². The van der Waals surface area contributed by atoms with E-state index in [1.807, 2.05) is 5.32 Å². The summed E-state index contributed by atoms with van der Waals surface area (Å²) in [7, 11) is 0. The first-order chi connectivity index (χ1) is 12.3. The normalized spacial score (nSPS) is 14.5. The van der Waals surface area contributed by atoms with E-state index in [9.17, 15) is 29.0 Å². The minimum absolute atomic E-state index is 0.00149. The number of alkyl halides is 3. The van der Waals surface area contributed by atoms with Gasteiger partial charge in [-0.3, -0.25) is 14.5 Å². The monoisotopic (exact) mass is 408 g/mol. The van der Waals surface area contributed by atoms with E-state index < -0.39 is 36.1 Å². The van der Waals surface area contributed by atoms with Crippen LogP contribution in [-0.4, -0.2) is 76.1 Å². The van der Waals surface area contributed by atoms with E-state index in [0.29, 0.717) is 0 Å². The molecular weight excluding hydrogens is 390 g/mol. The molecule has 1 rings (SSSR count). The van der Waals surface area contributed by atoms with E-state index >= 15 is 0 Å². The first kappa shape index (κ1) is 22.1. The molecule has 1 amide bonds. The average molecular weight is 409 g/mol. The average Bonchev–Trinajstić information content (AvgIpc) is 2.60. The van der Waals surface area contributed by atoms with E-state index in [-0.39, 0.29) is 30.4 Å². The number of nitrogens with one attached hydrogen (secondary N) is 1. The highest BCUT2D eigenvalue weighted by molar-refractivity contribution is 6.18. The van der Waals surface area contributed by atoms with Crippen LogP contribution < -0.4 is 5.32 Å². The van der Waals surface area contributed by atoms with Gasteiger partial charge in [-0.15, -0.1) is 23.2 Å². The SMILES string of the molecule is O=C(N[C@H](C(=O)O)C(F)C(C(=O)O)N(CCCl)CCCl)c1ccccc1. The molecule has 3 N–H and O–H groups in total. The first-order valence-corrected chi connectivity index (χ1v) is 8.72. The zero-order valence-electron chi connectivity index (χ0n) is 13.6. The number of halogens is 3. The summed E-state index contributed by atoms with van der Waals surface area (Å²) in [6, 6.07) is 3.72. The van der Waals surface area contributed by atoms with Crippen molar-refractivity contribution >= 4 is 41.0 Å². The fourth-order valence-corrected chi connectivity index (χ4v) is 2.81. The minimum atomic E-state index is -2.43. The number of hydrogen-bond donors (Lipinski definition) is 3. The zero-order valence-corrected chi connectivity index (χ0v) is 15.2. The number of carboxylic acids is 2. The Morgan fingerprint density at radius 1 is 1.04 bits per heavy atom. The number of hydrogen-bond acceptors (Lipinski definition) is 4. The molecule has 0 saturated carbocycles. The zero-order chi connectivity index (χ0) is 19.7. The van der Waals surface area contributed by atoms with Crippen molar-refractivity contribution in [3.05, 3.63) is 35.9 Å². The predicted molar refractivity (Wildman–Crippen MR) is 94.7 cm³/mol. The van der Waals surface area contributed by atoms with Crippen LogP contribution in [0.5, 0.6) is 0 Å². The van der Waals surface area contributed by atoms with Crippen molar-refractivity contribution in [3.63, 3.8) is 0 Å². The summed E-state index contributed by atoms with van der Waals surface area (Å²) < 4.78 is 14.9. The second-order valence-corrected chi connectivity index (χ2v) is 6.05. The van der Waals surface area contributed by atoms with E-state index in [4.69, 9.17) is 23.2 Å². The molecule has 0 aliphatic carbocycles. The lowest BCUT2D eigenvalue weighted by Crippen LogP contribution is -2.58. The lowest BCUT2D eigenvalue weighted by Gasteiger charge is -2.32. The minimum Gasteiger partial charge on any atom is -0.480 e. The Morgan fingerprint density at radius 2 is 1.58 bits per heavy atom. The van der Waals surface area contributed by atoms with Crippen molar-refractivity contribution in [1.82, 2.24) is 10.2 Å². The number of benzene rings is 1. The summed E-state index contributed by atoms with van der Waals surface area (Å²) in [5, 5.41) is 20.7. The third-order valence-corrected chi connectivity index (χ3v) is 3.94. The highest BCUT2D eigenvalue weighted by Gasteiger charge is 2.42. The fraction of sp³-hybridized carbons (Fsp3) is 0.438. The molecule has 0 aliphatic rings. The second-order valence-electron chi connectivity index (χ2n) is 5.30. The van der Waals surface area contributed by atoms with Gasteiger partial charge in [0, 0.05) is 30.4 Å². The molecule has 3 atom stereocenters. The molecule has 144 valence electrons. The van der Waals surface area contributed by atoms with Crippen LogP contribution in [0, 0.1) is 0 Å². The molecule has 0 radical (unpaired) electrons. The van der Waals surface area contributed by atoms with Crippen LogP contribution in [-0.2, 0) is 9.59 Å². The molecule has 0 bridgehead atoms. The number of amides is 1. The molecule has 7 nitrogen and oxygen atoms in total. The van der Waals surface area contributed by atoms with Gasteiger partial charge in [-0.25, -0.2) is 9.18 Å². The largest absolute Gasteiger partial charge is 0.480 e. The Labute approximate surface area is 159 Å². The lowest BCUT2D eigenvalue weighted by molar-refractivity contribution is -0.149. The first-order valence-electron chi connectivity index (χ1n) is 7.65. The topological polar surface area (TPSA) is 107 Å². The van der Waals surface area contributed by atoms with Gasteiger partial charge in [-0.05, 0) is 12.1 Å². The Morgan fingerprint density at radius 3 is 2.00 bits per heavy atom. The molecule has 10 heteroatoms. The summed E-state index contributed by atoms with van der Waals surface area (Å²) in [5.41, 5.74) is 0.121. The van der Waals surface area contributed by atoms with Gasteiger partial charge >= 0.3 is 11.9 Å². The summed E-state index contributed by atoms with van der Waals surface area (Å²) in [5.74, 6) is -4.09. The van der Waals surface area contributed by atoms with Crippen LogP contribution in [0.2, 0.25) is 0 Å². The van der Waals surface area contributed by atoms with Crippen molar-refractivity contribution in [1.29, 1.82) is 0 Å². The Bertz CT molecular complexity index is 614. The van der Waals surface area contributed by atoms with Crippen molar-refractivity contribution in [3.8, 4) is 0 Å². The van der Waals surface area contributed by atoms with Crippen LogP contribution in [0.3, 0.4) is 0 Å². The molecule has 0 aromatic heterocycles. The van der Waals surface area contributed by atoms with Crippen LogP contribution in [0.15, 0.2) is 30.3 Å². The smallest absolute Gasteiger partial charge is 0.329 e. The summed E-state index contributed by atoms with van der Waals surface area (Å²) >= 11 is 11.2. The fourth-order valence-electron chi connectivity index (χ4n) is 2.37. The maximum absolute atomic E-state index is 14.9.